The number of ether oxygens (including phenoxy) is 1. The highest BCUT2D eigenvalue weighted by Gasteiger charge is 2.20. The molecule has 23 heavy (non-hydrogen) atoms. The Morgan fingerprint density at radius 1 is 1.22 bits per heavy atom. The quantitative estimate of drug-likeness (QED) is 0.860. The number of nitrogens with one attached hydrogen (secondary N) is 1. The van der Waals surface area contributed by atoms with Crippen LogP contribution >= 0.6 is 11.6 Å². The number of carbonyl (C=O) groups excluding carboxylic acids is 2. The first-order valence-corrected chi connectivity index (χ1v) is 7.29. The highest BCUT2D eigenvalue weighted by atomic mass is 35.5. The molecule has 0 aliphatic carbocycles. The molecular weight excluding hydrogens is 321 g/mol. The highest BCUT2D eigenvalue weighted by Crippen LogP contribution is 2.22. The van der Waals surface area contributed by atoms with Crippen LogP contribution in [0.1, 0.15) is 22.8 Å². The van der Waals surface area contributed by atoms with Gasteiger partial charge in [0.2, 0.25) is 0 Å². The first-order chi connectivity index (χ1) is 10.9. The molecule has 0 aliphatic rings. The second-order valence-corrected chi connectivity index (χ2v) is 5.38. The molecule has 0 spiro atoms. The smallest absolute Gasteiger partial charge is 0.339 e. The van der Waals surface area contributed by atoms with Crippen LogP contribution < -0.4 is 5.32 Å². The molecule has 0 radical (unpaired) electrons. The third-order valence-corrected chi connectivity index (χ3v) is 3.52. The van der Waals surface area contributed by atoms with Gasteiger partial charge in [-0.3, -0.25) is 4.79 Å². The van der Waals surface area contributed by atoms with Crippen molar-refractivity contribution in [2.24, 2.45) is 0 Å². The SMILES string of the molecule is Cc1ccccc1C(=O)O[C@H](C)C(=O)Nc1ccc(F)cc1Cl. The van der Waals surface area contributed by atoms with Crippen LogP contribution in [-0.4, -0.2) is 18.0 Å². The van der Waals surface area contributed by atoms with Crippen molar-refractivity contribution >= 4 is 29.2 Å². The van der Waals surface area contributed by atoms with Gasteiger partial charge in [0.15, 0.2) is 6.10 Å². The van der Waals surface area contributed by atoms with Gasteiger partial charge in [0, 0.05) is 0 Å². The molecule has 0 bridgehead atoms. The van der Waals surface area contributed by atoms with Gasteiger partial charge >= 0.3 is 5.97 Å². The Hall–Kier alpha value is -2.40. The number of anilines is 1. The van der Waals surface area contributed by atoms with Crippen molar-refractivity contribution in [3.05, 3.63) is 64.4 Å². The third kappa shape index (κ3) is 4.29. The van der Waals surface area contributed by atoms with E-state index in [1.54, 1.807) is 31.2 Å². The van der Waals surface area contributed by atoms with Gasteiger partial charge in [-0.05, 0) is 43.7 Å². The molecule has 0 fully saturated rings. The molecule has 0 saturated carbocycles. The fourth-order valence-corrected chi connectivity index (χ4v) is 2.12. The maximum absolute atomic E-state index is 13.0. The summed E-state index contributed by atoms with van der Waals surface area (Å²) < 4.78 is 18.1. The van der Waals surface area contributed by atoms with Crippen molar-refractivity contribution < 1.29 is 18.7 Å². The number of amides is 1. The monoisotopic (exact) mass is 335 g/mol. The van der Waals surface area contributed by atoms with E-state index in [-0.39, 0.29) is 10.7 Å². The van der Waals surface area contributed by atoms with Crippen LogP contribution in [0.5, 0.6) is 0 Å². The minimum absolute atomic E-state index is 0.0655. The maximum Gasteiger partial charge on any atom is 0.339 e. The van der Waals surface area contributed by atoms with Gasteiger partial charge in [-0.25, -0.2) is 9.18 Å². The lowest BCUT2D eigenvalue weighted by Gasteiger charge is -2.15. The topological polar surface area (TPSA) is 55.4 Å². The Morgan fingerprint density at radius 2 is 1.91 bits per heavy atom. The van der Waals surface area contributed by atoms with Gasteiger partial charge in [0.05, 0.1) is 16.3 Å². The Morgan fingerprint density at radius 3 is 2.57 bits per heavy atom. The summed E-state index contributed by atoms with van der Waals surface area (Å²) in [6.45, 7) is 3.22. The lowest BCUT2D eigenvalue weighted by atomic mass is 10.1. The van der Waals surface area contributed by atoms with Gasteiger partial charge in [-0.15, -0.1) is 0 Å². The number of hydrogen-bond donors (Lipinski definition) is 1. The fourth-order valence-electron chi connectivity index (χ4n) is 1.90. The number of halogens is 2. The average molecular weight is 336 g/mol. The lowest BCUT2D eigenvalue weighted by molar-refractivity contribution is -0.123. The summed E-state index contributed by atoms with van der Waals surface area (Å²) >= 11 is 5.84. The van der Waals surface area contributed by atoms with Crippen molar-refractivity contribution in [3.8, 4) is 0 Å². The summed E-state index contributed by atoms with van der Waals surface area (Å²) in [6.07, 6.45) is -1.02. The van der Waals surface area contributed by atoms with Gasteiger partial charge < -0.3 is 10.1 Å². The molecule has 6 heteroatoms. The second-order valence-electron chi connectivity index (χ2n) is 4.98. The lowest BCUT2D eigenvalue weighted by Crippen LogP contribution is -2.30. The molecule has 2 rings (SSSR count). The third-order valence-electron chi connectivity index (χ3n) is 3.21. The summed E-state index contributed by atoms with van der Waals surface area (Å²) in [6, 6.07) is 10.5. The Balaban J connectivity index is 2.03. The molecule has 0 saturated heterocycles. The Bertz CT molecular complexity index is 748. The number of benzene rings is 2. The van der Waals surface area contributed by atoms with E-state index in [9.17, 15) is 14.0 Å². The van der Waals surface area contributed by atoms with E-state index in [1.165, 1.54) is 19.1 Å². The van der Waals surface area contributed by atoms with E-state index in [2.05, 4.69) is 5.32 Å². The summed E-state index contributed by atoms with van der Waals surface area (Å²) in [5.74, 6) is -1.65. The molecular formula is C17H15ClFNO3. The predicted octanol–water partition coefficient (Wildman–Crippen LogP) is 3.97. The standard InChI is InChI=1S/C17H15ClFNO3/c1-10-5-3-4-6-13(10)17(22)23-11(2)16(21)20-15-8-7-12(19)9-14(15)18/h3-9,11H,1-2H3,(H,20,21)/t11-/m1/s1. The van der Waals surface area contributed by atoms with Crippen LogP contribution in [0.2, 0.25) is 5.02 Å². The van der Waals surface area contributed by atoms with Crippen LogP contribution in [-0.2, 0) is 9.53 Å². The molecule has 1 amide bonds. The van der Waals surface area contributed by atoms with Crippen molar-refractivity contribution in [2.45, 2.75) is 20.0 Å². The largest absolute Gasteiger partial charge is 0.449 e. The molecule has 0 unspecified atom stereocenters. The normalized spacial score (nSPS) is 11.7. The Labute approximate surface area is 138 Å². The molecule has 1 atom stereocenters. The molecule has 4 nitrogen and oxygen atoms in total. The minimum atomic E-state index is -1.02. The van der Waals surface area contributed by atoms with Gasteiger partial charge in [0.1, 0.15) is 5.82 Å². The van der Waals surface area contributed by atoms with Gasteiger partial charge in [0.25, 0.3) is 5.91 Å². The summed E-state index contributed by atoms with van der Waals surface area (Å²) in [7, 11) is 0. The van der Waals surface area contributed by atoms with Crippen molar-refractivity contribution in [3.63, 3.8) is 0 Å². The van der Waals surface area contributed by atoms with Crippen molar-refractivity contribution in [2.75, 3.05) is 5.32 Å². The number of rotatable bonds is 4. The van der Waals surface area contributed by atoms with Crippen LogP contribution in [0.25, 0.3) is 0 Å². The minimum Gasteiger partial charge on any atom is -0.449 e. The fraction of sp³-hybridized carbons (Fsp3) is 0.176. The van der Waals surface area contributed by atoms with Crippen LogP contribution in [0.3, 0.4) is 0 Å². The van der Waals surface area contributed by atoms with Gasteiger partial charge in [-0.2, -0.15) is 0 Å². The summed E-state index contributed by atoms with van der Waals surface area (Å²) in [5, 5.41) is 2.56. The first-order valence-electron chi connectivity index (χ1n) is 6.91. The number of hydrogen-bond acceptors (Lipinski definition) is 3. The first kappa shape index (κ1) is 17.0. The molecule has 0 heterocycles. The van der Waals surface area contributed by atoms with Crippen molar-refractivity contribution in [1.29, 1.82) is 0 Å². The van der Waals surface area contributed by atoms with E-state index in [0.29, 0.717) is 5.56 Å². The zero-order valence-electron chi connectivity index (χ0n) is 12.6. The molecule has 0 aliphatic heterocycles. The van der Waals surface area contributed by atoms with E-state index in [4.69, 9.17) is 16.3 Å². The van der Waals surface area contributed by atoms with Crippen LogP contribution in [0.4, 0.5) is 10.1 Å². The molecule has 1 N–H and O–H groups in total. The number of esters is 1. The predicted molar refractivity (Wildman–Crippen MR) is 86.1 cm³/mol. The second kappa shape index (κ2) is 7.24. The summed E-state index contributed by atoms with van der Waals surface area (Å²) in [4.78, 5) is 24.1. The van der Waals surface area contributed by atoms with E-state index < -0.39 is 23.8 Å². The van der Waals surface area contributed by atoms with Crippen LogP contribution in [0.15, 0.2) is 42.5 Å². The summed E-state index contributed by atoms with van der Waals surface area (Å²) in [5.41, 5.74) is 1.40. The van der Waals surface area contributed by atoms with Crippen LogP contribution in [0, 0.1) is 12.7 Å². The van der Waals surface area contributed by atoms with E-state index in [0.717, 1.165) is 11.6 Å². The highest BCUT2D eigenvalue weighted by molar-refractivity contribution is 6.33. The van der Waals surface area contributed by atoms with E-state index in [1.807, 2.05) is 0 Å². The Kier molecular flexibility index (Phi) is 5.34. The van der Waals surface area contributed by atoms with Gasteiger partial charge in [-0.1, -0.05) is 29.8 Å². The average Bonchev–Trinajstić information content (AvgIpc) is 2.50. The number of carbonyl (C=O) groups is 2. The molecule has 2 aromatic carbocycles. The van der Waals surface area contributed by atoms with E-state index >= 15 is 0 Å². The molecule has 2 aromatic rings. The number of aryl methyl sites for hydroxylation is 1. The van der Waals surface area contributed by atoms with Crippen molar-refractivity contribution in [1.82, 2.24) is 0 Å². The maximum atomic E-state index is 13.0. The molecule has 0 aromatic heterocycles. The zero-order chi connectivity index (χ0) is 17.0. The molecule has 120 valence electrons. The zero-order valence-corrected chi connectivity index (χ0v) is 13.4.